The summed E-state index contributed by atoms with van der Waals surface area (Å²) < 4.78 is 24.7. The molecule has 0 unspecified atom stereocenters. The zero-order valence-corrected chi connectivity index (χ0v) is 17.9. The number of rotatable bonds is 4. The molecular formula is C19H24IN3O2S. The number of fused-ring (bicyclic) bond motifs is 1. The number of hydrogen-bond acceptors (Lipinski definition) is 3. The number of benzene rings is 2. The van der Waals surface area contributed by atoms with Crippen molar-refractivity contribution in [3.63, 3.8) is 0 Å². The molecule has 2 aromatic rings. The molecule has 1 N–H and O–H groups in total. The largest absolute Gasteiger partial charge is 0.355 e. The summed E-state index contributed by atoms with van der Waals surface area (Å²) in [5.74, 6) is 0.790. The quantitative estimate of drug-likeness (QED) is 0.411. The van der Waals surface area contributed by atoms with E-state index in [1.165, 1.54) is 11.1 Å². The third kappa shape index (κ3) is 4.97. The standard InChI is InChI=1S/C19H23N3O2S.HI/c1-20-19(22-13-11-16-7-5-6-8-17(16)15-22)21-12-14-25(23,24)18-9-3-2-4-10-18;/h2-10H,11-15H2,1H3,(H,20,21);1H. The summed E-state index contributed by atoms with van der Waals surface area (Å²) >= 11 is 0. The second-order valence-corrected chi connectivity index (χ2v) is 8.16. The third-order valence-electron chi connectivity index (χ3n) is 4.40. The Bertz CT molecular complexity index is 854. The molecule has 0 atom stereocenters. The van der Waals surface area contributed by atoms with Crippen molar-refractivity contribution in [1.29, 1.82) is 0 Å². The molecule has 0 aliphatic carbocycles. The highest BCUT2D eigenvalue weighted by Gasteiger charge is 2.19. The van der Waals surface area contributed by atoms with E-state index in [2.05, 4.69) is 33.4 Å². The Morgan fingerprint density at radius 3 is 2.42 bits per heavy atom. The first-order chi connectivity index (χ1) is 12.1. The molecule has 1 aliphatic heterocycles. The van der Waals surface area contributed by atoms with Gasteiger partial charge in [0.1, 0.15) is 0 Å². The first-order valence-electron chi connectivity index (χ1n) is 8.40. The minimum Gasteiger partial charge on any atom is -0.355 e. The van der Waals surface area contributed by atoms with E-state index in [1.54, 1.807) is 31.3 Å². The molecule has 0 saturated heterocycles. The average molecular weight is 485 g/mol. The fourth-order valence-corrected chi connectivity index (χ4v) is 4.23. The molecule has 0 radical (unpaired) electrons. The van der Waals surface area contributed by atoms with Crippen LogP contribution >= 0.6 is 24.0 Å². The number of nitrogens with zero attached hydrogens (tertiary/aromatic N) is 2. The number of guanidine groups is 1. The molecule has 140 valence electrons. The van der Waals surface area contributed by atoms with Gasteiger partial charge in [0.15, 0.2) is 15.8 Å². The van der Waals surface area contributed by atoms with E-state index >= 15 is 0 Å². The van der Waals surface area contributed by atoms with Gasteiger partial charge < -0.3 is 10.2 Å². The third-order valence-corrected chi connectivity index (χ3v) is 6.13. The van der Waals surface area contributed by atoms with Gasteiger partial charge in [-0.05, 0) is 29.7 Å². The van der Waals surface area contributed by atoms with Crippen LogP contribution in [0.25, 0.3) is 0 Å². The molecule has 0 bridgehead atoms. The van der Waals surface area contributed by atoms with Crippen LogP contribution in [-0.2, 0) is 22.8 Å². The normalized spacial score (nSPS) is 14.3. The van der Waals surface area contributed by atoms with E-state index in [9.17, 15) is 8.42 Å². The van der Waals surface area contributed by atoms with Crippen molar-refractivity contribution < 1.29 is 8.42 Å². The van der Waals surface area contributed by atoms with E-state index in [0.29, 0.717) is 11.4 Å². The van der Waals surface area contributed by atoms with Crippen LogP contribution in [0.2, 0.25) is 0 Å². The molecular weight excluding hydrogens is 461 g/mol. The summed E-state index contributed by atoms with van der Waals surface area (Å²) in [6.45, 7) is 2.01. The molecule has 3 rings (SSSR count). The summed E-state index contributed by atoms with van der Waals surface area (Å²) in [7, 11) is -1.55. The Labute approximate surface area is 172 Å². The van der Waals surface area contributed by atoms with Crippen LogP contribution in [0.4, 0.5) is 0 Å². The van der Waals surface area contributed by atoms with Gasteiger partial charge in [0.05, 0.1) is 10.6 Å². The Morgan fingerprint density at radius 1 is 1.08 bits per heavy atom. The first-order valence-corrected chi connectivity index (χ1v) is 10.1. The lowest BCUT2D eigenvalue weighted by Gasteiger charge is -2.31. The second kappa shape index (κ2) is 9.36. The molecule has 2 aromatic carbocycles. The van der Waals surface area contributed by atoms with Crippen LogP contribution in [0.15, 0.2) is 64.5 Å². The van der Waals surface area contributed by atoms with E-state index in [-0.39, 0.29) is 29.7 Å². The van der Waals surface area contributed by atoms with Crippen LogP contribution in [0.1, 0.15) is 11.1 Å². The van der Waals surface area contributed by atoms with Gasteiger partial charge in [-0.1, -0.05) is 42.5 Å². The van der Waals surface area contributed by atoms with Crippen molar-refractivity contribution in [2.45, 2.75) is 17.9 Å². The summed E-state index contributed by atoms with van der Waals surface area (Å²) in [6.07, 6.45) is 0.971. The molecule has 7 heteroatoms. The van der Waals surface area contributed by atoms with Crippen molar-refractivity contribution in [1.82, 2.24) is 10.2 Å². The Balaban J connectivity index is 0.00000243. The highest BCUT2D eigenvalue weighted by Crippen LogP contribution is 2.18. The van der Waals surface area contributed by atoms with Gasteiger partial charge in [0.2, 0.25) is 0 Å². The van der Waals surface area contributed by atoms with Gasteiger partial charge in [0.25, 0.3) is 0 Å². The first kappa shape index (κ1) is 20.7. The highest BCUT2D eigenvalue weighted by molar-refractivity contribution is 14.0. The highest BCUT2D eigenvalue weighted by atomic mass is 127. The van der Waals surface area contributed by atoms with Gasteiger partial charge in [-0.2, -0.15) is 0 Å². The Kier molecular flexibility index (Phi) is 7.45. The minimum absolute atomic E-state index is 0. The predicted octanol–water partition coefficient (Wildman–Crippen LogP) is 2.71. The van der Waals surface area contributed by atoms with Crippen LogP contribution in [-0.4, -0.2) is 45.2 Å². The molecule has 1 aliphatic rings. The number of aliphatic imine (C=N–C) groups is 1. The monoisotopic (exact) mass is 485 g/mol. The SMILES string of the molecule is CN=C(NCCS(=O)(=O)c1ccccc1)N1CCc2ccccc2C1.I. The van der Waals surface area contributed by atoms with Crippen molar-refractivity contribution in [2.24, 2.45) is 4.99 Å². The van der Waals surface area contributed by atoms with Gasteiger partial charge in [-0.25, -0.2) is 8.42 Å². The lowest BCUT2D eigenvalue weighted by molar-refractivity contribution is 0.380. The minimum atomic E-state index is -3.28. The Morgan fingerprint density at radius 2 is 1.73 bits per heavy atom. The lowest BCUT2D eigenvalue weighted by atomic mass is 10.0. The number of hydrogen-bond donors (Lipinski definition) is 1. The molecule has 0 amide bonds. The number of halogens is 1. The van der Waals surface area contributed by atoms with Gasteiger partial charge in [-0.3, -0.25) is 4.99 Å². The summed E-state index contributed by atoms with van der Waals surface area (Å²) in [5, 5.41) is 3.19. The number of nitrogens with one attached hydrogen (secondary N) is 1. The summed E-state index contributed by atoms with van der Waals surface area (Å²) in [6, 6.07) is 17.0. The van der Waals surface area contributed by atoms with Crippen molar-refractivity contribution >= 4 is 39.8 Å². The molecule has 5 nitrogen and oxygen atoms in total. The zero-order valence-electron chi connectivity index (χ0n) is 14.8. The fourth-order valence-electron chi connectivity index (χ4n) is 3.05. The maximum Gasteiger partial charge on any atom is 0.193 e. The van der Waals surface area contributed by atoms with E-state index in [0.717, 1.165) is 25.5 Å². The van der Waals surface area contributed by atoms with Gasteiger partial charge in [0, 0.05) is 26.7 Å². The predicted molar refractivity (Wildman–Crippen MR) is 116 cm³/mol. The topological polar surface area (TPSA) is 61.8 Å². The smallest absolute Gasteiger partial charge is 0.193 e. The fraction of sp³-hybridized carbons (Fsp3) is 0.316. The van der Waals surface area contributed by atoms with Crippen molar-refractivity contribution in [3.05, 3.63) is 65.7 Å². The van der Waals surface area contributed by atoms with Crippen LogP contribution in [0.3, 0.4) is 0 Å². The van der Waals surface area contributed by atoms with Gasteiger partial charge >= 0.3 is 0 Å². The lowest BCUT2D eigenvalue weighted by Crippen LogP contribution is -2.45. The van der Waals surface area contributed by atoms with Crippen molar-refractivity contribution in [2.75, 3.05) is 25.9 Å². The molecule has 0 saturated carbocycles. The second-order valence-electron chi connectivity index (χ2n) is 6.05. The maximum atomic E-state index is 12.3. The molecule has 0 spiro atoms. The molecule has 0 aromatic heterocycles. The van der Waals surface area contributed by atoms with Crippen LogP contribution in [0.5, 0.6) is 0 Å². The summed E-state index contributed by atoms with van der Waals surface area (Å²) in [4.78, 5) is 6.84. The van der Waals surface area contributed by atoms with E-state index in [1.807, 2.05) is 12.1 Å². The molecule has 1 heterocycles. The van der Waals surface area contributed by atoms with E-state index < -0.39 is 9.84 Å². The zero-order chi connectivity index (χ0) is 17.7. The number of sulfone groups is 1. The van der Waals surface area contributed by atoms with Crippen LogP contribution < -0.4 is 5.32 Å². The molecule has 26 heavy (non-hydrogen) atoms. The summed E-state index contributed by atoms with van der Waals surface area (Å²) in [5.41, 5.74) is 2.68. The van der Waals surface area contributed by atoms with Crippen molar-refractivity contribution in [3.8, 4) is 0 Å². The van der Waals surface area contributed by atoms with Gasteiger partial charge in [-0.15, -0.1) is 24.0 Å². The Hall–Kier alpha value is -1.61. The maximum absolute atomic E-state index is 12.3. The molecule has 0 fully saturated rings. The van der Waals surface area contributed by atoms with E-state index in [4.69, 9.17) is 0 Å². The van der Waals surface area contributed by atoms with Crippen LogP contribution in [0, 0.1) is 0 Å². The average Bonchev–Trinajstić information content (AvgIpc) is 2.65.